The van der Waals surface area contributed by atoms with Crippen LogP contribution in [0.25, 0.3) is 0 Å². The quantitative estimate of drug-likeness (QED) is 0.815. The summed E-state index contributed by atoms with van der Waals surface area (Å²) in [5.41, 5.74) is 0.772. The molecule has 0 saturated carbocycles. The molecule has 19 heavy (non-hydrogen) atoms. The highest BCUT2D eigenvalue weighted by molar-refractivity contribution is 7.89. The maximum atomic E-state index is 12.4. The van der Waals surface area contributed by atoms with Crippen molar-refractivity contribution >= 4 is 10.0 Å². The zero-order chi connectivity index (χ0) is 14.5. The Morgan fingerprint density at radius 1 is 1.37 bits per heavy atom. The smallest absolute Gasteiger partial charge is 0.243 e. The first-order valence-electron chi connectivity index (χ1n) is 6.25. The van der Waals surface area contributed by atoms with Crippen LogP contribution in [0.2, 0.25) is 0 Å². The Balaban J connectivity index is 3.25. The summed E-state index contributed by atoms with van der Waals surface area (Å²) < 4.78 is 31.3. The van der Waals surface area contributed by atoms with Crippen molar-refractivity contribution in [2.75, 3.05) is 34.3 Å². The third-order valence-corrected chi connectivity index (χ3v) is 5.08. The average molecular weight is 286 g/mol. The normalized spacial score (nSPS) is 11.8. The van der Waals surface area contributed by atoms with E-state index in [4.69, 9.17) is 4.74 Å². The van der Waals surface area contributed by atoms with Crippen molar-refractivity contribution in [2.24, 2.45) is 0 Å². The lowest BCUT2D eigenvalue weighted by Gasteiger charge is -2.18. The predicted molar refractivity (Wildman–Crippen MR) is 76.1 cm³/mol. The number of rotatable bonds is 7. The first-order chi connectivity index (χ1) is 8.97. The van der Waals surface area contributed by atoms with E-state index in [2.05, 4.69) is 5.32 Å². The number of methoxy groups -OCH3 is 1. The Morgan fingerprint density at radius 3 is 2.58 bits per heavy atom. The molecule has 0 bridgehead atoms. The summed E-state index contributed by atoms with van der Waals surface area (Å²) in [7, 11) is 1.57. The van der Waals surface area contributed by atoms with E-state index in [-0.39, 0.29) is 0 Å². The second-order valence-electron chi connectivity index (χ2n) is 4.25. The van der Waals surface area contributed by atoms with Crippen LogP contribution in [0.5, 0.6) is 5.75 Å². The summed E-state index contributed by atoms with van der Waals surface area (Å²) >= 11 is 0. The Morgan fingerprint density at radius 2 is 2.05 bits per heavy atom. The summed E-state index contributed by atoms with van der Waals surface area (Å²) in [5.74, 6) is 0.671. The van der Waals surface area contributed by atoms with Crippen molar-refractivity contribution in [1.82, 2.24) is 9.62 Å². The van der Waals surface area contributed by atoms with Gasteiger partial charge in [-0.1, -0.05) is 6.92 Å². The monoisotopic (exact) mass is 286 g/mol. The summed E-state index contributed by atoms with van der Waals surface area (Å²) in [4.78, 5) is 0.355. The molecule has 0 aliphatic carbocycles. The van der Waals surface area contributed by atoms with Crippen molar-refractivity contribution in [3.8, 4) is 5.75 Å². The van der Waals surface area contributed by atoms with Crippen LogP contribution in [-0.2, 0) is 16.4 Å². The van der Waals surface area contributed by atoms with E-state index in [0.29, 0.717) is 30.2 Å². The van der Waals surface area contributed by atoms with Crippen LogP contribution in [0, 0.1) is 0 Å². The Hall–Kier alpha value is -1.11. The number of nitrogens with one attached hydrogen (secondary N) is 1. The van der Waals surface area contributed by atoms with E-state index in [1.807, 2.05) is 14.0 Å². The van der Waals surface area contributed by atoms with E-state index in [9.17, 15) is 8.42 Å². The highest BCUT2D eigenvalue weighted by Crippen LogP contribution is 2.24. The second kappa shape index (κ2) is 6.88. The van der Waals surface area contributed by atoms with Gasteiger partial charge in [0, 0.05) is 13.6 Å². The zero-order valence-corrected chi connectivity index (χ0v) is 12.8. The number of ether oxygens (including phenoxy) is 1. The lowest BCUT2D eigenvalue weighted by molar-refractivity contribution is 0.413. The van der Waals surface area contributed by atoms with Gasteiger partial charge in [-0.05, 0) is 43.8 Å². The molecule has 0 spiro atoms. The highest BCUT2D eigenvalue weighted by Gasteiger charge is 2.22. The molecule has 1 aromatic carbocycles. The summed E-state index contributed by atoms with van der Waals surface area (Å²) in [6.45, 7) is 2.97. The van der Waals surface area contributed by atoms with Crippen molar-refractivity contribution in [3.05, 3.63) is 23.8 Å². The minimum Gasteiger partial charge on any atom is -0.497 e. The number of likely N-dealkylation sites (N-methyl/N-ethyl adjacent to an activating group) is 1. The third-order valence-electron chi connectivity index (χ3n) is 3.05. The van der Waals surface area contributed by atoms with Gasteiger partial charge >= 0.3 is 0 Å². The highest BCUT2D eigenvalue weighted by atomic mass is 32.2. The molecule has 0 saturated heterocycles. The lowest BCUT2D eigenvalue weighted by Crippen LogP contribution is -2.27. The van der Waals surface area contributed by atoms with Crippen molar-refractivity contribution in [2.45, 2.75) is 18.2 Å². The van der Waals surface area contributed by atoms with Gasteiger partial charge in [0.2, 0.25) is 10.0 Å². The SMILES string of the molecule is CCN(C)S(=O)(=O)c1ccc(OC)cc1CCNC. The van der Waals surface area contributed by atoms with Crippen LogP contribution in [-0.4, -0.2) is 47.0 Å². The fourth-order valence-corrected chi connectivity index (χ4v) is 3.14. The molecular weight excluding hydrogens is 264 g/mol. The molecule has 0 aromatic heterocycles. The molecule has 0 heterocycles. The number of nitrogens with zero attached hydrogens (tertiary/aromatic N) is 1. The van der Waals surface area contributed by atoms with Gasteiger partial charge in [0.1, 0.15) is 5.75 Å². The predicted octanol–water partition coefficient (Wildman–Crippen LogP) is 1.10. The number of benzene rings is 1. The molecular formula is C13H22N2O3S. The summed E-state index contributed by atoms with van der Waals surface area (Å²) in [6, 6.07) is 5.08. The Labute approximate surface area is 115 Å². The molecule has 108 valence electrons. The third kappa shape index (κ3) is 3.68. The molecule has 0 radical (unpaired) electrons. The molecule has 5 nitrogen and oxygen atoms in total. The fraction of sp³-hybridized carbons (Fsp3) is 0.538. The minimum absolute atomic E-state index is 0.355. The van der Waals surface area contributed by atoms with Crippen LogP contribution in [0.4, 0.5) is 0 Å². The number of hydrogen-bond donors (Lipinski definition) is 1. The lowest BCUT2D eigenvalue weighted by atomic mass is 10.1. The maximum absolute atomic E-state index is 12.4. The van der Waals surface area contributed by atoms with Crippen LogP contribution >= 0.6 is 0 Å². The van der Waals surface area contributed by atoms with Gasteiger partial charge in [-0.25, -0.2) is 12.7 Å². The molecule has 1 aromatic rings. The summed E-state index contributed by atoms with van der Waals surface area (Å²) in [6.07, 6.45) is 0.639. The topological polar surface area (TPSA) is 58.6 Å². The number of hydrogen-bond acceptors (Lipinski definition) is 4. The standard InChI is InChI=1S/C13H22N2O3S/c1-5-15(3)19(16,17)13-7-6-12(18-4)10-11(13)8-9-14-2/h6-7,10,14H,5,8-9H2,1-4H3. The van der Waals surface area contributed by atoms with Crippen LogP contribution in [0.15, 0.2) is 23.1 Å². The van der Waals surface area contributed by atoms with Crippen molar-refractivity contribution in [3.63, 3.8) is 0 Å². The van der Waals surface area contributed by atoms with Gasteiger partial charge in [-0.15, -0.1) is 0 Å². The molecule has 0 aliphatic heterocycles. The maximum Gasteiger partial charge on any atom is 0.243 e. The van der Waals surface area contributed by atoms with E-state index in [1.54, 1.807) is 32.4 Å². The van der Waals surface area contributed by atoms with Crippen molar-refractivity contribution < 1.29 is 13.2 Å². The van der Waals surface area contributed by atoms with E-state index < -0.39 is 10.0 Å². The molecule has 0 aliphatic rings. The van der Waals surface area contributed by atoms with Gasteiger partial charge in [0.25, 0.3) is 0 Å². The molecule has 0 atom stereocenters. The summed E-state index contributed by atoms with van der Waals surface area (Å²) in [5, 5.41) is 3.03. The van der Waals surface area contributed by atoms with Gasteiger partial charge in [0.05, 0.1) is 12.0 Å². The van der Waals surface area contributed by atoms with Crippen LogP contribution < -0.4 is 10.1 Å². The van der Waals surface area contributed by atoms with Crippen molar-refractivity contribution in [1.29, 1.82) is 0 Å². The molecule has 0 fully saturated rings. The molecule has 0 unspecified atom stereocenters. The van der Waals surface area contributed by atoms with Gasteiger partial charge in [-0.3, -0.25) is 0 Å². The zero-order valence-electron chi connectivity index (χ0n) is 11.9. The van der Waals surface area contributed by atoms with Gasteiger partial charge in [0.15, 0.2) is 0 Å². The van der Waals surface area contributed by atoms with Gasteiger partial charge < -0.3 is 10.1 Å². The first-order valence-corrected chi connectivity index (χ1v) is 7.69. The minimum atomic E-state index is -3.43. The molecule has 0 amide bonds. The fourth-order valence-electron chi connectivity index (χ4n) is 1.73. The Bertz CT molecular complexity index is 515. The van der Waals surface area contributed by atoms with E-state index in [0.717, 1.165) is 5.56 Å². The average Bonchev–Trinajstić information content (AvgIpc) is 2.43. The van der Waals surface area contributed by atoms with Crippen LogP contribution in [0.3, 0.4) is 0 Å². The number of sulfonamides is 1. The first kappa shape index (κ1) is 15.9. The molecule has 1 N–H and O–H groups in total. The molecule has 6 heteroatoms. The van der Waals surface area contributed by atoms with Gasteiger partial charge in [-0.2, -0.15) is 0 Å². The van der Waals surface area contributed by atoms with E-state index >= 15 is 0 Å². The second-order valence-corrected chi connectivity index (χ2v) is 6.26. The Kier molecular flexibility index (Phi) is 5.78. The largest absolute Gasteiger partial charge is 0.497 e. The van der Waals surface area contributed by atoms with Crippen LogP contribution in [0.1, 0.15) is 12.5 Å². The molecule has 1 rings (SSSR count). The van der Waals surface area contributed by atoms with E-state index in [1.165, 1.54) is 4.31 Å².